The first-order valence-corrected chi connectivity index (χ1v) is 10.8. The van der Waals surface area contributed by atoms with E-state index >= 15 is 0 Å². The number of hydrogen-bond donors (Lipinski definition) is 0. The van der Waals surface area contributed by atoms with Crippen LogP contribution in [-0.4, -0.2) is 34.8 Å². The smallest absolute Gasteiger partial charge is 0.305 e. The highest BCUT2D eigenvalue weighted by atomic mass is 79.9. The Bertz CT molecular complexity index is 301. The van der Waals surface area contributed by atoms with E-state index in [-0.39, 0.29) is 11.9 Å². The Morgan fingerprint density at radius 3 is 1.38 bits per heavy atom. The van der Waals surface area contributed by atoms with Gasteiger partial charge >= 0.3 is 11.9 Å². The average molecular weight is 472 g/mol. The van der Waals surface area contributed by atoms with Crippen molar-refractivity contribution in [2.45, 2.75) is 87.7 Å². The molecule has 0 bridgehead atoms. The standard InChI is InChI=1S/C18H32Br2O4/c1-15(19)9-11-17(21)23-13-7-5-3-4-6-8-14-24-18(22)12-10-16(2)20/h15-16H,3-14H2,1-2H3. The minimum absolute atomic E-state index is 0.0996. The van der Waals surface area contributed by atoms with Crippen molar-refractivity contribution in [2.24, 2.45) is 0 Å². The number of halogens is 2. The van der Waals surface area contributed by atoms with E-state index in [9.17, 15) is 9.59 Å². The molecule has 6 heteroatoms. The highest BCUT2D eigenvalue weighted by Gasteiger charge is 2.06. The number of alkyl halides is 2. The third kappa shape index (κ3) is 18.2. The van der Waals surface area contributed by atoms with Gasteiger partial charge in [-0.15, -0.1) is 0 Å². The lowest BCUT2D eigenvalue weighted by Crippen LogP contribution is -2.08. The Kier molecular flexibility index (Phi) is 16.3. The third-order valence-corrected chi connectivity index (χ3v) is 4.47. The van der Waals surface area contributed by atoms with E-state index < -0.39 is 0 Å². The van der Waals surface area contributed by atoms with Gasteiger partial charge in [-0.3, -0.25) is 9.59 Å². The van der Waals surface area contributed by atoms with Gasteiger partial charge in [-0.25, -0.2) is 0 Å². The maximum absolute atomic E-state index is 11.4. The van der Waals surface area contributed by atoms with Gasteiger partial charge in [0.05, 0.1) is 13.2 Å². The molecule has 0 heterocycles. The first-order valence-electron chi connectivity index (χ1n) is 9.01. The Morgan fingerprint density at radius 1 is 0.708 bits per heavy atom. The van der Waals surface area contributed by atoms with Gasteiger partial charge in [-0.05, 0) is 25.7 Å². The molecule has 142 valence electrons. The first-order chi connectivity index (χ1) is 11.4. The van der Waals surface area contributed by atoms with Crippen LogP contribution in [0.1, 0.15) is 78.1 Å². The van der Waals surface area contributed by atoms with Crippen molar-refractivity contribution in [3.8, 4) is 0 Å². The number of rotatable bonds is 15. The van der Waals surface area contributed by atoms with Crippen LogP contribution in [0.5, 0.6) is 0 Å². The van der Waals surface area contributed by atoms with Crippen molar-refractivity contribution in [1.82, 2.24) is 0 Å². The predicted molar refractivity (Wildman–Crippen MR) is 105 cm³/mol. The van der Waals surface area contributed by atoms with E-state index in [1.54, 1.807) is 0 Å². The molecule has 0 fully saturated rings. The Hall–Kier alpha value is -0.100. The van der Waals surface area contributed by atoms with Crippen molar-refractivity contribution < 1.29 is 19.1 Å². The van der Waals surface area contributed by atoms with Crippen molar-refractivity contribution >= 4 is 43.8 Å². The third-order valence-electron chi connectivity index (χ3n) is 3.56. The molecule has 2 unspecified atom stereocenters. The molecule has 0 aromatic carbocycles. The van der Waals surface area contributed by atoms with Crippen molar-refractivity contribution in [3.63, 3.8) is 0 Å². The fourth-order valence-electron chi connectivity index (χ4n) is 2.06. The SMILES string of the molecule is CC(Br)CCC(=O)OCCCCCCCCOC(=O)CCC(C)Br. The molecular formula is C18H32Br2O4. The fraction of sp³-hybridized carbons (Fsp3) is 0.889. The number of esters is 2. The molecular weight excluding hydrogens is 440 g/mol. The summed E-state index contributed by atoms with van der Waals surface area (Å²) in [4.78, 5) is 23.5. The number of ether oxygens (including phenoxy) is 2. The summed E-state index contributed by atoms with van der Waals surface area (Å²) in [7, 11) is 0. The van der Waals surface area contributed by atoms with Crippen LogP contribution >= 0.6 is 31.9 Å². The molecule has 0 saturated heterocycles. The molecule has 0 saturated carbocycles. The van der Waals surface area contributed by atoms with Gasteiger partial charge < -0.3 is 9.47 Å². The van der Waals surface area contributed by atoms with Crippen LogP contribution < -0.4 is 0 Å². The summed E-state index contributed by atoms with van der Waals surface area (Å²) in [6.45, 7) is 5.11. The second-order valence-electron chi connectivity index (χ2n) is 6.20. The summed E-state index contributed by atoms with van der Waals surface area (Å²) in [6, 6.07) is 0. The zero-order valence-corrected chi connectivity index (χ0v) is 18.2. The van der Waals surface area contributed by atoms with E-state index in [2.05, 4.69) is 31.9 Å². The Labute approximate surface area is 163 Å². The predicted octanol–water partition coefficient (Wildman–Crippen LogP) is 5.54. The zero-order valence-electron chi connectivity index (χ0n) is 15.0. The van der Waals surface area contributed by atoms with Crippen LogP contribution in [0.3, 0.4) is 0 Å². The molecule has 0 aliphatic rings. The lowest BCUT2D eigenvalue weighted by Gasteiger charge is -2.07. The van der Waals surface area contributed by atoms with E-state index in [1.807, 2.05) is 13.8 Å². The van der Waals surface area contributed by atoms with Crippen LogP contribution in [0.2, 0.25) is 0 Å². The van der Waals surface area contributed by atoms with Crippen molar-refractivity contribution in [1.29, 1.82) is 0 Å². The van der Waals surface area contributed by atoms with Gasteiger partial charge in [0.25, 0.3) is 0 Å². The molecule has 0 aromatic heterocycles. The topological polar surface area (TPSA) is 52.6 Å². The quantitative estimate of drug-likeness (QED) is 0.179. The Balaban J connectivity index is 3.25. The maximum Gasteiger partial charge on any atom is 0.305 e. The van der Waals surface area contributed by atoms with Gasteiger partial charge in [0.1, 0.15) is 0 Å². The van der Waals surface area contributed by atoms with Crippen LogP contribution in [0.25, 0.3) is 0 Å². The normalized spacial score (nSPS) is 13.3. The van der Waals surface area contributed by atoms with Crippen molar-refractivity contribution in [2.75, 3.05) is 13.2 Å². The zero-order chi connectivity index (χ0) is 18.2. The molecule has 0 aliphatic heterocycles. The van der Waals surface area contributed by atoms with Crippen molar-refractivity contribution in [3.05, 3.63) is 0 Å². The van der Waals surface area contributed by atoms with Gasteiger partial charge in [-0.1, -0.05) is 71.4 Å². The number of hydrogen-bond acceptors (Lipinski definition) is 4. The van der Waals surface area contributed by atoms with Crippen LogP contribution in [0.15, 0.2) is 0 Å². The molecule has 0 amide bonds. The molecule has 4 nitrogen and oxygen atoms in total. The Morgan fingerprint density at radius 2 is 1.04 bits per heavy atom. The van der Waals surface area contributed by atoms with Crippen LogP contribution in [-0.2, 0) is 19.1 Å². The van der Waals surface area contributed by atoms with E-state index in [4.69, 9.17) is 9.47 Å². The lowest BCUT2D eigenvalue weighted by atomic mass is 10.1. The highest BCUT2D eigenvalue weighted by Crippen LogP contribution is 2.10. The summed E-state index contributed by atoms with van der Waals surface area (Å²) in [6.07, 6.45) is 8.87. The molecule has 24 heavy (non-hydrogen) atoms. The van der Waals surface area contributed by atoms with E-state index in [0.717, 1.165) is 51.4 Å². The minimum Gasteiger partial charge on any atom is -0.466 e. The summed E-state index contributed by atoms with van der Waals surface area (Å²) in [5.41, 5.74) is 0. The van der Waals surface area contributed by atoms with E-state index in [0.29, 0.717) is 35.7 Å². The van der Waals surface area contributed by atoms with Gasteiger partial charge in [0.2, 0.25) is 0 Å². The molecule has 0 spiro atoms. The van der Waals surface area contributed by atoms with Gasteiger partial charge in [-0.2, -0.15) is 0 Å². The molecule has 0 radical (unpaired) electrons. The fourth-order valence-corrected chi connectivity index (χ4v) is 2.52. The maximum atomic E-state index is 11.4. The molecule has 2 atom stereocenters. The monoisotopic (exact) mass is 470 g/mol. The minimum atomic E-state index is -0.0996. The summed E-state index contributed by atoms with van der Waals surface area (Å²) >= 11 is 6.83. The lowest BCUT2D eigenvalue weighted by molar-refractivity contribution is -0.144. The second kappa shape index (κ2) is 16.4. The number of carbonyl (C=O) groups excluding carboxylic acids is 2. The molecule has 0 N–H and O–H groups in total. The second-order valence-corrected chi connectivity index (χ2v) is 9.33. The number of carbonyl (C=O) groups is 2. The highest BCUT2D eigenvalue weighted by molar-refractivity contribution is 9.09. The molecule has 0 aromatic rings. The van der Waals surface area contributed by atoms with Gasteiger partial charge in [0, 0.05) is 22.5 Å². The van der Waals surface area contributed by atoms with Gasteiger partial charge in [0.15, 0.2) is 0 Å². The largest absolute Gasteiger partial charge is 0.466 e. The van der Waals surface area contributed by atoms with Crippen LogP contribution in [0, 0.1) is 0 Å². The average Bonchev–Trinajstić information content (AvgIpc) is 2.52. The number of unbranched alkanes of at least 4 members (excludes halogenated alkanes) is 5. The summed E-state index contributed by atoms with van der Waals surface area (Å²) in [5, 5.41) is 0. The summed E-state index contributed by atoms with van der Waals surface area (Å²) < 4.78 is 10.4. The first kappa shape index (κ1) is 23.9. The van der Waals surface area contributed by atoms with Crippen LogP contribution in [0.4, 0.5) is 0 Å². The van der Waals surface area contributed by atoms with E-state index in [1.165, 1.54) is 0 Å². The molecule has 0 rings (SSSR count). The summed E-state index contributed by atoms with van der Waals surface area (Å²) in [5.74, 6) is -0.199. The molecule has 0 aliphatic carbocycles.